The molecule has 0 aliphatic carbocycles. The lowest BCUT2D eigenvalue weighted by molar-refractivity contribution is 0.478. The second kappa shape index (κ2) is 5.25. The predicted octanol–water partition coefficient (Wildman–Crippen LogP) is 5.04. The van der Waals surface area contributed by atoms with E-state index in [0.717, 1.165) is 17.1 Å². The summed E-state index contributed by atoms with van der Waals surface area (Å²) in [5.41, 5.74) is 11.2. The molecule has 2 aromatic rings. The normalized spacial score (nSPS) is 9.67. The first-order valence-electron chi connectivity index (χ1n) is 5.60. The van der Waals surface area contributed by atoms with Gasteiger partial charge in [0.1, 0.15) is 11.5 Å². The zero-order valence-corrected chi connectivity index (χ0v) is 10.3. The van der Waals surface area contributed by atoms with Crippen LogP contribution < -0.4 is 4.74 Å². The molecule has 0 bridgehead atoms. The topological polar surface area (TPSA) is 58.0 Å². The number of rotatable bonds is 3. The van der Waals surface area contributed by atoms with E-state index in [1.165, 1.54) is 5.56 Å². The Morgan fingerprint density at radius 2 is 1.78 bits per heavy atom. The van der Waals surface area contributed by atoms with Crippen LogP contribution in [0.15, 0.2) is 47.6 Å². The van der Waals surface area contributed by atoms with Crippen molar-refractivity contribution in [2.45, 2.75) is 13.8 Å². The van der Waals surface area contributed by atoms with E-state index < -0.39 is 0 Å². The minimum atomic E-state index is 0.575. The fourth-order valence-corrected chi connectivity index (χ4v) is 1.59. The summed E-state index contributed by atoms with van der Waals surface area (Å²) in [4.78, 5) is 2.73. The van der Waals surface area contributed by atoms with Crippen LogP contribution in [0.4, 0.5) is 5.69 Å². The van der Waals surface area contributed by atoms with E-state index >= 15 is 0 Å². The third-order valence-electron chi connectivity index (χ3n) is 2.78. The second-order valence-electron chi connectivity index (χ2n) is 3.98. The smallest absolute Gasteiger partial charge is 0.130 e. The molecule has 0 fully saturated rings. The summed E-state index contributed by atoms with van der Waals surface area (Å²) in [5.74, 6) is 1.56. The Bertz CT molecular complexity index is 599. The number of azide groups is 1. The summed E-state index contributed by atoms with van der Waals surface area (Å²) >= 11 is 0. The molecule has 0 radical (unpaired) electrons. The van der Waals surface area contributed by atoms with Crippen molar-refractivity contribution in [3.8, 4) is 11.5 Å². The summed E-state index contributed by atoms with van der Waals surface area (Å²) in [6.07, 6.45) is 0. The molecule has 0 aliphatic rings. The Balaban J connectivity index is 2.23. The van der Waals surface area contributed by atoms with Crippen LogP contribution in [0.2, 0.25) is 0 Å². The molecule has 4 heteroatoms. The highest BCUT2D eigenvalue weighted by molar-refractivity contribution is 5.45. The van der Waals surface area contributed by atoms with Gasteiger partial charge in [-0.05, 0) is 60.8 Å². The average Bonchev–Trinajstić information content (AvgIpc) is 2.38. The second-order valence-corrected chi connectivity index (χ2v) is 3.98. The van der Waals surface area contributed by atoms with Crippen LogP contribution in [0.25, 0.3) is 10.4 Å². The number of hydrogen-bond acceptors (Lipinski definition) is 2. The summed E-state index contributed by atoms with van der Waals surface area (Å²) in [6.45, 7) is 4.08. The Labute approximate surface area is 105 Å². The molecule has 0 atom stereocenters. The Morgan fingerprint density at radius 3 is 2.44 bits per heavy atom. The molecule has 0 amide bonds. The fraction of sp³-hybridized carbons (Fsp3) is 0.143. The third kappa shape index (κ3) is 2.62. The van der Waals surface area contributed by atoms with Gasteiger partial charge in [-0.1, -0.05) is 17.2 Å². The molecule has 2 rings (SSSR count). The van der Waals surface area contributed by atoms with Crippen molar-refractivity contribution >= 4 is 5.69 Å². The lowest BCUT2D eigenvalue weighted by Gasteiger charge is -2.10. The lowest BCUT2D eigenvalue weighted by Crippen LogP contribution is -1.89. The van der Waals surface area contributed by atoms with Crippen molar-refractivity contribution in [2.24, 2.45) is 5.11 Å². The van der Waals surface area contributed by atoms with E-state index in [1.807, 2.05) is 32.0 Å². The molecule has 0 spiro atoms. The van der Waals surface area contributed by atoms with Gasteiger partial charge in [0.25, 0.3) is 0 Å². The van der Waals surface area contributed by atoms with Gasteiger partial charge in [-0.2, -0.15) is 0 Å². The molecule has 0 saturated carbocycles. The molecule has 0 saturated heterocycles. The fourth-order valence-electron chi connectivity index (χ4n) is 1.59. The van der Waals surface area contributed by atoms with Gasteiger partial charge in [0.2, 0.25) is 0 Å². The van der Waals surface area contributed by atoms with Crippen LogP contribution in [0.5, 0.6) is 11.5 Å². The molecule has 18 heavy (non-hydrogen) atoms. The SMILES string of the molecule is Cc1cccc(Oc2ccc(N=[N+]=[N-])cc2)c1C. The summed E-state index contributed by atoms with van der Waals surface area (Å²) in [6, 6.07) is 13.0. The van der Waals surface area contributed by atoms with Crippen LogP contribution in [0.1, 0.15) is 11.1 Å². The number of benzene rings is 2. The molecule has 0 heterocycles. The Morgan fingerprint density at radius 1 is 1.06 bits per heavy atom. The lowest BCUT2D eigenvalue weighted by atomic mass is 10.1. The van der Waals surface area contributed by atoms with Crippen molar-refractivity contribution < 1.29 is 4.74 Å². The molecule has 4 nitrogen and oxygen atoms in total. The van der Waals surface area contributed by atoms with Gasteiger partial charge >= 0.3 is 0 Å². The van der Waals surface area contributed by atoms with E-state index in [4.69, 9.17) is 10.3 Å². The van der Waals surface area contributed by atoms with Gasteiger partial charge in [0, 0.05) is 10.6 Å². The Kier molecular flexibility index (Phi) is 3.51. The van der Waals surface area contributed by atoms with Crippen molar-refractivity contribution in [3.05, 3.63) is 64.0 Å². The quantitative estimate of drug-likeness (QED) is 0.420. The van der Waals surface area contributed by atoms with E-state index in [1.54, 1.807) is 24.3 Å². The predicted molar refractivity (Wildman–Crippen MR) is 71.2 cm³/mol. The molecular formula is C14H13N3O. The maximum Gasteiger partial charge on any atom is 0.130 e. The van der Waals surface area contributed by atoms with Crippen molar-refractivity contribution in [2.75, 3.05) is 0 Å². The van der Waals surface area contributed by atoms with E-state index in [-0.39, 0.29) is 0 Å². The highest BCUT2D eigenvalue weighted by Gasteiger charge is 2.03. The highest BCUT2D eigenvalue weighted by Crippen LogP contribution is 2.28. The molecule has 0 unspecified atom stereocenters. The van der Waals surface area contributed by atoms with Gasteiger partial charge < -0.3 is 4.74 Å². The third-order valence-corrected chi connectivity index (χ3v) is 2.78. The van der Waals surface area contributed by atoms with Crippen LogP contribution >= 0.6 is 0 Å². The zero-order valence-electron chi connectivity index (χ0n) is 10.3. The summed E-state index contributed by atoms with van der Waals surface area (Å²) in [7, 11) is 0. The largest absolute Gasteiger partial charge is 0.457 e. The van der Waals surface area contributed by atoms with Gasteiger partial charge in [0.05, 0.1) is 0 Å². The molecule has 0 aliphatic heterocycles. The van der Waals surface area contributed by atoms with Crippen LogP contribution in [0.3, 0.4) is 0 Å². The first kappa shape index (κ1) is 12.0. The minimum Gasteiger partial charge on any atom is -0.457 e. The molecule has 2 aromatic carbocycles. The number of ether oxygens (including phenoxy) is 1. The highest BCUT2D eigenvalue weighted by atomic mass is 16.5. The zero-order chi connectivity index (χ0) is 13.0. The standard InChI is InChI=1S/C14H13N3O/c1-10-4-3-5-14(11(10)2)18-13-8-6-12(7-9-13)16-17-15/h3-9H,1-2H3. The van der Waals surface area contributed by atoms with E-state index in [9.17, 15) is 0 Å². The maximum absolute atomic E-state index is 8.32. The van der Waals surface area contributed by atoms with Crippen molar-refractivity contribution in [1.82, 2.24) is 0 Å². The van der Waals surface area contributed by atoms with Crippen molar-refractivity contribution in [3.63, 3.8) is 0 Å². The maximum atomic E-state index is 8.32. The van der Waals surface area contributed by atoms with Gasteiger partial charge in [-0.3, -0.25) is 0 Å². The molecule has 0 aromatic heterocycles. The molecular weight excluding hydrogens is 226 g/mol. The van der Waals surface area contributed by atoms with E-state index in [0.29, 0.717) is 5.69 Å². The van der Waals surface area contributed by atoms with Crippen LogP contribution in [-0.4, -0.2) is 0 Å². The van der Waals surface area contributed by atoms with Crippen LogP contribution in [-0.2, 0) is 0 Å². The first-order chi connectivity index (χ1) is 8.70. The molecule has 0 N–H and O–H groups in total. The number of nitrogens with zero attached hydrogens (tertiary/aromatic N) is 3. The number of aryl methyl sites for hydroxylation is 1. The van der Waals surface area contributed by atoms with Crippen LogP contribution in [0, 0.1) is 13.8 Å². The number of hydrogen-bond donors (Lipinski definition) is 0. The average molecular weight is 239 g/mol. The van der Waals surface area contributed by atoms with Gasteiger partial charge in [-0.15, -0.1) is 0 Å². The van der Waals surface area contributed by atoms with E-state index in [2.05, 4.69) is 10.0 Å². The molecule has 90 valence electrons. The first-order valence-corrected chi connectivity index (χ1v) is 5.60. The monoisotopic (exact) mass is 239 g/mol. The van der Waals surface area contributed by atoms with Gasteiger partial charge in [0.15, 0.2) is 0 Å². The Hall–Kier alpha value is -2.45. The summed E-state index contributed by atoms with van der Waals surface area (Å²) < 4.78 is 5.79. The van der Waals surface area contributed by atoms with Gasteiger partial charge in [-0.25, -0.2) is 0 Å². The minimum absolute atomic E-state index is 0.575. The summed E-state index contributed by atoms with van der Waals surface area (Å²) in [5, 5.41) is 3.51. The van der Waals surface area contributed by atoms with Crippen molar-refractivity contribution in [1.29, 1.82) is 0 Å².